The van der Waals surface area contributed by atoms with Gasteiger partial charge in [0.25, 0.3) is 0 Å². The van der Waals surface area contributed by atoms with Gasteiger partial charge in [-0.05, 0) is 18.2 Å². The van der Waals surface area contributed by atoms with Gasteiger partial charge in [-0.15, -0.1) is 0 Å². The maximum absolute atomic E-state index is 13.2. The number of rotatable bonds is 11. The van der Waals surface area contributed by atoms with Crippen molar-refractivity contribution in [3.05, 3.63) is 76.3 Å². The molecule has 15 nitrogen and oxygen atoms in total. The molecule has 0 fully saturated rings. The number of carbonyl (C=O) groups excluding carboxylic acids is 1. The third-order valence-corrected chi connectivity index (χ3v) is 7.11. The van der Waals surface area contributed by atoms with Gasteiger partial charge in [-0.25, -0.2) is 4.79 Å². The van der Waals surface area contributed by atoms with Crippen LogP contribution in [0, 0.1) is 0 Å². The Hall–Kier alpha value is -5.83. The number of hydrogen-bond donors (Lipinski definition) is 6. The molecule has 2 heterocycles. The standard InChI is InChI=1S/C29H24N2O13/c32-20-7-22-17(5-14(20)9-30(10-24(34)35)11-25(36)37)29(16-4-2-1-3-15(16)28(42)44-29)18-6-19(21(33)8-23(18)43-22)31(12-26(38)39)13-27(40)41/h1-8,32-33H,9-13H2,(H,34,35)(H,36,37)(H,38,39)(H,40,41). The molecule has 1 atom stereocenters. The minimum Gasteiger partial charge on any atom is -0.507 e. The van der Waals surface area contributed by atoms with Crippen molar-refractivity contribution in [3.63, 3.8) is 0 Å². The third kappa shape index (κ3) is 5.27. The van der Waals surface area contributed by atoms with Gasteiger partial charge in [0.15, 0.2) is 5.60 Å². The molecule has 3 aromatic carbocycles. The van der Waals surface area contributed by atoms with Gasteiger partial charge in [0.2, 0.25) is 0 Å². The highest BCUT2D eigenvalue weighted by atomic mass is 16.6. The normalized spacial score (nSPS) is 16.0. The first-order valence-corrected chi connectivity index (χ1v) is 12.9. The SMILES string of the molecule is O=C(O)CN(CC(=O)O)Cc1cc2c(cc1O)Oc1cc(O)c(N(CC(=O)O)CC(=O)O)cc1C21OC(=O)c2ccccc21. The van der Waals surface area contributed by atoms with Crippen LogP contribution in [0.25, 0.3) is 0 Å². The number of fused-ring (bicyclic) bond motifs is 6. The lowest BCUT2D eigenvalue weighted by Crippen LogP contribution is -2.37. The van der Waals surface area contributed by atoms with Gasteiger partial charge in [0.1, 0.15) is 36.1 Å². The average Bonchev–Trinajstić information content (AvgIpc) is 3.20. The highest BCUT2D eigenvalue weighted by Gasteiger charge is 2.54. The van der Waals surface area contributed by atoms with Crippen molar-refractivity contribution in [1.82, 2.24) is 4.90 Å². The van der Waals surface area contributed by atoms with E-state index in [1.807, 2.05) is 0 Å². The van der Waals surface area contributed by atoms with E-state index in [0.29, 0.717) is 5.56 Å². The largest absolute Gasteiger partial charge is 0.507 e. The topological polar surface area (TPSA) is 232 Å². The lowest BCUT2D eigenvalue weighted by molar-refractivity contribution is -0.142. The number of aromatic hydroxyl groups is 2. The minimum absolute atomic E-state index is 0.0219. The second kappa shape index (κ2) is 11.1. The van der Waals surface area contributed by atoms with E-state index < -0.39 is 73.1 Å². The zero-order valence-corrected chi connectivity index (χ0v) is 22.6. The first-order valence-electron chi connectivity index (χ1n) is 12.9. The summed E-state index contributed by atoms with van der Waals surface area (Å²) in [6.07, 6.45) is 0. The number of benzene rings is 3. The van der Waals surface area contributed by atoms with Crippen LogP contribution in [-0.4, -0.2) is 91.6 Å². The molecular weight excluding hydrogens is 584 g/mol. The van der Waals surface area contributed by atoms with Crippen molar-refractivity contribution >= 4 is 35.5 Å². The molecular formula is C29H24N2O13. The summed E-state index contributed by atoms with van der Waals surface area (Å²) in [5.41, 5.74) is -1.29. The summed E-state index contributed by atoms with van der Waals surface area (Å²) >= 11 is 0. The van der Waals surface area contributed by atoms with Crippen molar-refractivity contribution in [3.8, 4) is 23.0 Å². The molecule has 0 bridgehead atoms. The van der Waals surface area contributed by atoms with Gasteiger partial charge in [0.05, 0.1) is 24.3 Å². The Balaban J connectivity index is 1.74. The van der Waals surface area contributed by atoms with Gasteiger partial charge in [-0.3, -0.25) is 24.1 Å². The fourth-order valence-electron chi connectivity index (χ4n) is 5.50. The van der Waals surface area contributed by atoms with E-state index in [4.69, 9.17) is 9.47 Å². The first kappa shape index (κ1) is 29.7. The average molecular weight is 609 g/mol. The van der Waals surface area contributed by atoms with Crippen molar-refractivity contribution in [1.29, 1.82) is 0 Å². The molecule has 1 spiro atoms. The molecule has 0 aromatic heterocycles. The number of esters is 1. The lowest BCUT2D eigenvalue weighted by Gasteiger charge is -2.38. The number of carboxylic acids is 4. The van der Waals surface area contributed by atoms with Crippen LogP contribution in [-0.2, 0) is 36.1 Å². The fraction of sp³-hybridized carbons (Fsp3) is 0.207. The third-order valence-electron chi connectivity index (χ3n) is 7.11. The molecule has 0 amide bonds. The first-order chi connectivity index (χ1) is 20.8. The summed E-state index contributed by atoms with van der Waals surface area (Å²) < 4.78 is 12.0. The predicted octanol–water partition coefficient (Wildman–Crippen LogP) is 1.61. The van der Waals surface area contributed by atoms with E-state index in [2.05, 4.69) is 0 Å². The van der Waals surface area contributed by atoms with Crippen LogP contribution in [0.15, 0.2) is 48.5 Å². The second-order valence-corrected chi connectivity index (χ2v) is 10.1. The predicted molar refractivity (Wildman–Crippen MR) is 146 cm³/mol. The molecule has 0 saturated heterocycles. The minimum atomic E-state index is -1.83. The molecule has 3 aromatic rings. The zero-order chi connectivity index (χ0) is 31.9. The van der Waals surface area contributed by atoms with E-state index in [-0.39, 0.29) is 46.0 Å². The van der Waals surface area contributed by atoms with Crippen molar-refractivity contribution in [2.75, 3.05) is 31.1 Å². The number of hydrogen-bond acceptors (Lipinski definition) is 11. The Morgan fingerprint density at radius 1 is 0.705 bits per heavy atom. The van der Waals surface area contributed by atoms with Gasteiger partial charge in [0, 0.05) is 40.9 Å². The highest BCUT2D eigenvalue weighted by Crippen LogP contribution is 2.58. The van der Waals surface area contributed by atoms with Gasteiger partial charge < -0.3 is 45.0 Å². The van der Waals surface area contributed by atoms with Crippen LogP contribution < -0.4 is 9.64 Å². The number of phenolic OH excluding ortho intramolecular Hbond substituents is 2. The lowest BCUT2D eigenvalue weighted by atomic mass is 9.77. The summed E-state index contributed by atoms with van der Waals surface area (Å²) in [5.74, 6) is -7.15. The zero-order valence-electron chi connectivity index (χ0n) is 22.6. The molecule has 0 aliphatic carbocycles. The van der Waals surface area contributed by atoms with Gasteiger partial charge in [-0.2, -0.15) is 0 Å². The second-order valence-electron chi connectivity index (χ2n) is 10.1. The fourth-order valence-corrected chi connectivity index (χ4v) is 5.50. The number of aliphatic carboxylic acids is 4. The number of carbonyl (C=O) groups is 5. The number of nitrogens with zero attached hydrogens (tertiary/aromatic N) is 2. The summed E-state index contributed by atoms with van der Waals surface area (Å²) in [6, 6.07) is 11.2. The van der Waals surface area contributed by atoms with Crippen molar-refractivity contribution in [2.45, 2.75) is 12.1 Å². The van der Waals surface area contributed by atoms with E-state index in [1.165, 1.54) is 24.3 Å². The van der Waals surface area contributed by atoms with Crippen LogP contribution in [0.1, 0.15) is 32.6 Å². The number of phenols is 2. The molecule has 15 heteroatoms. The molecule has 2 aliphatic rings. The van der Waals surface area contributed by atoms with E-state index >= 15 is 0 Å². The Bertz CT molecular complexity index is 1700. The van der Waals surface area contributed by atoms with Crippen LogP contribution >= 0.6 is 0 Å². The molecule has 6 N–H and O–H groups in total. The summed E-state index contributed by atoms with van der Waals surface area (Å²) in [6.45, 7) is -3.30. The van der Waals surface area contributed by atoms with Gasteiger partial charge in [-0.1, -0.05) is 18.2 Å². The molecule has 2 aliphatic heterocycles. The van der Waals surface area contributed by atoms with Crippen LogP contribution in [0.5, 0.6) is 23.0 Å². The molecule has 44 heavy (non-hydrogen) atoms. The quantitative estimate of drug-likeness (QED) is 0.170. The molecule has 0 saturated carbocycles. The Kier molecular flexibility index (Phi) is 7.49. The van der Waals surface area contributed by atoms with E-state index in [1.54, 1.807) is 18.2 Å². The molecule has 5 rings (SSSR count). The number of carboxylic acid groups (broad SMARTS) is 4. The van der Waals surface area contributed by atoms with E-state index in [0.717, 1.165) is 15.9 Å². The molecule has 1 unspecified atom stereocenters. The highest BCUT2D eigenvalue weighted by molar-refractivity contribution is 5.97. The van der Waals surface area contributed by atoms with Crippen LogP contribution in [0.4, 0.5) is 5.69 Å². The summed E-state index contributed by atoms with van der Waals surface area (Å²) in [4.78, 5) is 61.1. The smallest absolute Gasteiger partial charge is 0.340 e. The van der Waals surface area contributed by atoms with Crippen LogP contribution in [0.2, 0.25) is 0 Å². The van der Waals surface area contributed by atoms with Crippen LogP contribution in [0.3, 0.4) is 0 Å². The van der Waals surface area contributed by atoms with E-state index in [9.17, 15) is 54.6 Å². The molecule has 0 radical (unpaired) electrons. The summed E-state index contributed by atoms with van der Waals surface area (Å²) in [5, 5.41) is 59.1. The van der Waals surface area contributed by atoms with Crippen molar-refractivity contribution < 1.29 is 64.1 Å². The molecule has 228 valence electrons. The monoisotopic (exact) mass is 608 g/mol. The Labute approximate surface area is 247 Å². The van der Waals surface area contributed by atoms with Crippen molar-refractivity contribution in [2.24, 2.45) is 0 Å². The summed E-state index contributed by atoms with van der Waals surface area (Å²) in [7, 11) is 0. The maximum atomic E-state index is 13.2. The Morgan fingerprint density at radius 3 is 1.84 bits per heavy atom. The Morgan fingerprint density at radius 2 is 1.25 bits per heavy atom. The number of ether oxygens (including phenoxy) is 2. The van der Waals surface area contributed by atoms with Gasteiger partial charge >= 0.3 is 29.8 Å². The number of anilines is 1. The maximum Gasteiger partial charge on any atom is 0.340 e.